The van der Waals surface area contributed by atoms with Crippen molar-refractivity contribution in [1.82, 2.24) is 15.3 Å². The van der Waals surface area contributed by atoms with Gasteiger partial charge in [0.05, 0.1) is 0 Å². The van der Waals surface area contributed by atoms with Crippen LogP contribution >= 0.6 is 11.8 Å². The Morgan fingerprint density at radius 1 is 1.05 bits per heavy atom. The van der Waals surface area contributed by atoms with Crippen LogP contribution in [-0.2, 0) is 6.42 Å². The molecule has 1 aromatic carbocycles. The molecule has 2 rings (SSSR count). The van der Waals surface area contributed by atoms with E-state index >= 15 is 0 Å². The number of likely N-dealkylation sites (N-methyl/N-ethyl adjacent to an activating group) is 1. The van der Waals surface area contributed by atoms with E-state index in [-0.39, 0.29) is 0 Å². The van der Waals surface area contributed by atoms with Gasteiger partial charge in [-0.15, -0.1) is 11.8 Å². The number of thioether (sulfide) groups is 1. The molecule has 2 aromatic rings. The van der Waals surface area contributed by atoms with Crippen LogP contribution in [0.4, 0.5) is 0 Å². The Kier molecular flexibility index (Phi) is 5.76. The molecule has 0 atom stereocenters. The van der Waals surface area contributed by atoms with Gasteiger partial charge in [0.15, 0.2) is 5.82 Å². The molecule has 0 saturated carbocycles. The quantitative estimate of drug-likeness (QED) is 0.827. The van der Waals surface area contributed by atoms with E-state index < -0.39 is 0 Å². The molecule has 4 heteroatoms. The summed E-state index contributed by atoms with van der Waals surface area (Å²) >= 11 is 1.85. The fraction of sp³-hybridized carbons (Fsp3) is 0.412. The standard InChI is InChI=1S/C17H23N3S/c1-5-21-15-8-6-14(7-9-15)17-19-12(2)16(10-11-18-4)13(3)20-17/h6-9,18H,5,10-11H2,1-4H3. The smallest absolute Gasteiger partial charge is 0.159 e. The maximum Gasteiger partial charge on any atom is 0.159 e. The number of nitrogens with zero attached hydrogens (tertiary/aromatic N) is 2. The molecular weight excluding hydrogens is 278 g/mol. The summed E-state index contributed by atoms with van der Waals surface area (Å²) < 4.78 is 0. The maximum absolute atomic E-state index is 4.69. The Morgan fingerprint density at radius 2 is 1.67 bits per heavy atom. The van der Waals surface area contributed by atoms with Gasteiger partial charge in [0.1, 0.15) is 0 Å². The Balaban J connectivity index is 2.28. The van der Waals surface area contributed by atoms with Gasteiger partial charge >= 0.3 is 0 Å². The molecule has 0 radical (unpaired) electrons. The fourth-order valence-electron chi connectivity index (χ4n) is 2.35. The van der Waals surface area contributed by atoms with Crippen molar-refractivity contribution in [2.24, 2.45) is 0 Å². The van der Waals surface area contributed by atoms with Crippen LogP contribution in [0.1, 0.15) is 23.9 Å². The number of aryl methyl sites for hydroxylation is 2. The highest BCUT2D eigenvalue weighted by atomic mass is 32.2. The first kappa shape index (κ1) is 16.0. The minimum atomic E-state index is 0.825. The molecule has 1 heterocycles. The third kappa shape index (κ3) is 4.05. The SMILES string of the molecule is CCSc1ccc(-c2nc(C)c(CCNC)c(C)n2)cc1. The molecule has 0 aliphatic rings. The van der Waals surface area contributed by atoms with E-state index in [0.29, 0.717) is 0 Å². The predicted octanol–water partition coefficient (Wildman–Crippen LogP) is 3.63. The lowest BCUT2D eigenvalue weighted by Crippen LogP contribution is -2.13. The summed E-state index contributed by atoms with van der Waals surface area (Å²) in [7, 11) is 1.97. The molecule has 3 nitrogen and oxygen atoms in total. The zero-order chi connectivity index (χ0) is 15.2. The van der Waals surface area contributed by atoms with Crippen molar-refractivity contribution in [3.05, 3.63) is 41.2 Å². The van der Waals surface area contributed by atoms with Gasteiger partial charge in [-0.2, -0.15) is 0 Å². The molecule has 0 spiro atoms. The largest absolute Gasteiger partial charge is 0.319 e. The summed E-state index contributed by atoms with van der Waals surface area (Å²) in [6.45, 7) is 7.26. The predicted molar refractivity (Wildman–Crippen MR) is 91.0 cm³/mol. The zero-order valence-electron chi connectivity index (χ0n) is 13.2. The van der Waals surface area contributed by atoms with Crippen molar-refractivity contribution in [3.63, 3.8) is 0 Å². The van der Waals surface area contributed by atoms with Crippen molar-refractivity contribution in [2.45, 2.75) is 32.1 Å². The zero-order valence-corrected chi connectivity index (χ0v) is 14.0. The van der Waals surface area contributed by atoms with E-state index in [0.717, 1.165) is 41.5 Å². The van der Waals surface area contributed by atoms with Gasteiger partial charge in [0.25, 0.3) is 0 Å². The van der Waals surface area contributed by atoms with Gasteiger partial charge in [-0.25, -0.2) is 9.97 Å². The van der Waals surface area contributed by atoms with Crippen molar-refractivity contribution in [1.29, 1.82) is 0 Å². The first-order chi connectivity index (χ1) is 10.2. The van der Waals surface area contributed by atoms with Crippen LogP contribution < -0.4 is 5.32 Å². The van der Waals surface area contributed by atoms with Crippen molar-refractivity contribution >= 4 is 11.8 Å². The summed E-state index contributed by atoms with van der Waals surface area (Å²) in [6.07, 6.45) is 0.973. The topological polar surface area (TPSA) is 37.8 Å². The van der Waals surface area contributed by atoms with E-state index in [9.17, 15) is 0 Å². The minimum absolute atomic E-state index is 0.825. The average Bonchev–Trinajstić information content (AvgIpc) is 2.47. The van der Waals surface area contributed by atoms with Gasteiger partial charge < -0.3 is 5.32 Å². The molecule has 1 N–H and O–H groups in total. The molecule has 112 valence electrons. The summed E-state index contributed by atoms with van der Waals surface area (Å²) in [5.74, 6) is 1.92. The Labute approximate surface area is 131 Å². The number of rotatable bonds is 6. The van der Waals surface area contributed by atoms with Crippen LogP contribution in [0.2, 0.25) is 0 Å². The lowest BCUT2D eigenvalue weighted by Gasteiger charge is -2.11. The number of aromatic nitrogens is 2. The second-order valence-corrected chi connectivity index (χ2v) is 6.34. The average molecular weight is 301 g/mol. The molecule has 0 aliphatic heterocycles. The molecule has 0 unspecified atom stereocenters. The molecular formula is C17H23N3S. The molecule has 0 saturated heterocycles. The number of hydrogen-bond acceptors (Lipinski definition) is 4. The number of hydrogen-bond donors (Lipinski definition) is 1. The number of nitrogens with one attached hydrogen (secondary N) is 1. The van der Waals surface area contributed by atoms with Gasteiger partial charge in [0.2, 0.25) is 0 Å². The van der Waals surface area contributed by atoms with E-state index in [4.69, 9.17) is 0 Å². The summed E-state index contributed by atoms with van der Waals surface area (Å²) in [6, 6.07) is 8.51. The van der Waals surface area contributed by atoms with Crippen LogP contribution in [0.3, 0.4) is 0 Å². The first-order valence-corrected chi connectivity index (χ1v) is 8.36. The van der Waals surface area contributed by atoms with Gasteiger partial charge in [-0.1, -0.05) is 19.1 Å². The van der Waals surface area contributed by atoms with Gasteiger partial charge in [-0.3, -0.25) is 0 Å². The minimum Gasteiger partial charge on any atom is -0.319 e. The van der Waals surface area contributed by atoms with Crippen LogP contribution in [0.15, 0.2) is 29.2 Å². The molecule has 0 bridgehead atoms. The van der Waals surface area contributed by atoms with E-state index in [2.05, 4.69) is 60.3 Å². The Hall–Kier alpha value is -1.39. The van der Waals surface area contributed by atoms with E-state index in [1.165, 1.54) is 10.5 Å². The summed E-state index contributed by atoms with van der Waals surface area (Å²) in [5.41, 5.74) is 4.51. The normalized spacial score (nSPS) is 10.9. The van der Waals surface area contributed by atoms with Crippen molar-refractivity contribution < 1.29 is 0 Å². The Bertz CT molecular complexity index is 570. The lowest BCUT2D eigenvalue weighted by atomic mass is 10.1. The Morgan fingerprint density at radius 3 is 2.19 bits per heavy atom. The van der Waals surface area contributed by atoms with E-state index in [1.807, 2.05) is 18.8 Å². The van der Waals surface area contributed by atoms with Crippen LogP contribution in [0.25, 0.3) is 11.4 Å². The fourth-order valence-corrected chi connectivity index (χ4v) is 3.01. The third-order valence-electron chi connectivity index (χ3n) is 3.47. The van der Waals surface area contributed by atoms with Crippen LogP contribution in [-0.4, -0.2) is 29.3 Å². The van der Waals surface area contributed by atoms with E-state index in [1.54, 1.807) is 0 Å². The molecule has 1 aromatic heterocycles. The molecule has 0 amide bonds. The van der Waals surface area contributed by atoms with Gasteiger partial charge in [0, 0.05) is 21.8 Å². The first-order valence-electron chi connectivity index (χ1n) is 7.37. The monoisotopic (exact) mass is 301 g/mol. The molecule has 0 aliphatic carbocycles. The lowest BCUT2D eigenvalue weighted by molar-refractivity contribution is 0.774. The third-order valence-corrected chi connectivity index (χ3v) is 4.36. The highest BCUT2D eigenvalue weighted by Gasteiger charge is 2.09. The highest BCUT2D eigenvalue weighted by molar-refractivity contribution is 7.99. The summed E-state index contributed by atoms with van der Waals surface area (Å²) in [5, 5.41) is 3.18. The van der Waals surface area contributed by atoms with Crippen LogP contribution in [0, 0.1) is 13.8 Å². The molecule has 21 heavy (non-hydrogen) atoms. The van der Waals surface area contributed by atoms with Crippen molar-refractivity contribution in [3.8, 4) is 11.4 Å². The summed E-state index contributed by atoms with van der Waals surface area (Å²) in [4.78, 5) is 10.7. The van der Waals surface area contributed by atoms with Crippen molar-refractivity contribution in [2.75, 3.05) is 19.3 Å². The second kappa shape index (κ2) is 7.57. The van der Waals surface area contributed by atoms with Gasteiger partial charge in [-0.05, 0) is 57.3 Å². The van der Waals surface area contributed by atoms with Crippen LogP contribution in [0.5, 0.6) is 0 Å². The molecule has 0 fully saturated rings. The maximum atomic E-state index is 4.69. The second-order valence-electron chi connectivity index (χ2n) is 5.01. The highest BCUT2D eigenvalue weighted by Crippen LogP contribution is 2.23. The number of benzene rings is 1.